The van der Waals surface area contributed by atoms with Crippen LogP contribution in [0.1, 0.15) is 6.92 Å². The number of hydrogen-bond donors (Lipinski definition) is 0. The van der Waals surface area contributed by atoms with Gasteiger partial charge in [0.25, 0.3) is 6.40 Å². The Morgan fingerprint density at radius 1 is 2.00 bits per heavy atom. The average Bonchev–Trinajstić information content (AvgIpc) is 1.69. The zero-order valence-electron chi connectivity index (χ0n) is 4.09. The SMILES string of the molecule is [C-]#[N+]N=COCC. The van der Waals surface area contributed by atoms with Crippen LogP contribution in [-0.4, -0.2) is 13.0 Å². The fourth-order valence-corrected chi connectivity index (χ4v) is 0.131. The Morgan fingerprint density at radius 3 is 3.14 bits per heavy atom. The maximum atomic E-state index is 6.13. The summed E-state index contributed by atoms with van der Waals surface area (Å²) in [6.07, 6.45) is 1.13. The summed E-state index contributed by atoms with van der Waals surface area (Å²) in [5, 5.41) is 3.11. The summed E-state index contributed by atoms with van der Waals surface area (Å²) < 4.78 is 4.57. The molecule has 0 spiro atoms. The summed E-state index contributed by atoms with van der Waals surface area (Å²) in [5.41, 5.74) is 0. The van der Waals surface area contributed by atoms with Crippen molar-refractivity contribution in [3.63, 3.8) is 0 Å². The van der Waals surface area contributed by atoms with Gasteiger partial charge in [0.05, 0.1) is 6.61 Å². The average molecular weight is 98.1 g/mol. The molecule has 0 fully saturated rings. The van der Waals surface area contributed by atoms with E-state index in [1.807, 2.05) is 6.92 Å². The summed E-state index contributed by atoms with van der Waals surface area (Å²) in [6, 6.07) is 0. The molecular weight excluding hydrogens is 92.1 g/mol. The minimum Gasteiger partial charge on any atom is -0.479 e. The Labute approximate surface area is 42.4 Å². The second-order valence-electron chi connectivity index (χ2n) is 0.776. The summed E-state index contributed by atoms with van der Waals surface area (Å²) >= 11 is 0. The van der Waals surface area contributed by atoms with Crippen molar-refractivity contribution < 1.29 is 4.74 Å². The van der Waals surface area contributed by atoms with Crippen LogP contribution >= 0.6 is 0 Å². The van der Waals surface area contributed by atoms with Crippen LogP contribution in [0, 0.1) is 6.57 Å². The van der Waals surface area contributed by atoms with Crippen molar-refractivity contribution in [1.29, 1.82) is 0 Å². The van der Waals surface area contributed by atoms with Gasteiger partial charge in [-0.05, 0) is 6.92 Å². The van der Waals surface area contributed by atoms with Crippen molar-refractivity contribution in [2.24, 2.45) is 5.10 Å². The van der Waals surface area contributed by atoms with Crippen LogP contribution in [0.3, 0.4) is 0 Å². The van der Waals surface area contributed by atoms with Crippen LogP contribution < -0.4 is 0 Å². The van der Waals surface area contributed by atoms with Gasteiger partial charge >= 0.3 is 0 Å². The van der Waals surface area contributed by atoms with Crippen molar-refractivity contribution in [3.05, 3.63) is 11.5 Å². The van der Waals surface area contributed by atoms with Crippen LogP contribution in [0.2, 0.25) is 0 Å². The highest BCUT2D eigenvalue weighted by Crippen LogP contribution is 1.66. The monoisotopic (exact) mass is 98.0 g/mol. The third-order valence-electron chi connectivity index (χ3n) is 0.346. The molecule has 0 aliphatic rings. The van der Waals surface area contributed by atoms with Gasteiger partial charge < -0.3 is 4.74 Å². The van der Waals surface area contributed by atoms with Gasteiger partial charge in [-0.1, -0.05) is 0 Å². The van der Waals surface area contributed by atoms with E-state index in [4.69, 9.17) is 6.57 Å². The van der Waals surface area contributed by atoms with Crippen LogP contribution in [-0.2, 0) is 4.74 Å². The van der Waals surface area contributed by atoms with Crippen molar-refractivity contribution in [1.82, 2.24) is 0 Å². The van der Waals surface area contributed by atoms with E-state index in [2.05, 4.69) is 14.8 Å². The first-order valence-corrected chi connectivity index (χ1v) is 1.91. The van der Waals surface area contributed by atoms with Crippen molar-refractivity contribution in [2.75, 3.05) is 6.61 Å². The highest BCUT2D eigenvalue weighted by molar-refractivity contribution is 5.46. The third-order valence-corrected chi connectivity index (χ3v) is 0.346. The molecule has 0 aromatic carbocycles. The normalized spacial score (nSPS) is 8.57. The summed E-state index contributed by atoms with van der Waals surface area (Å²) in [7, 11) is 0. The Hall–Kier alpha value is -1.04. The molecule has 3 heteroatoms. The van der Waals surface area contributed by atoms with Crippen molar-refractivity contribution in [2.45, 2.75) is 6.92 Å². The number of ether oxygens (including phenoxy) is 1. The second kappa shape index (κ2) is 4.96. The van der Waals surface area contributed by atoms with E-state index in [1.165, 1.54) is 0 Å². The lowest BCUT2D eigenvalue weighted by atomic mass is 10.9. The molecule has 0 atom stereocenters. The van der Waals surface area contributed by atoms with E-state index >= 15 is 0 Å². The molecule has 0 heterocycles. The Bertz CT molecular complexity index is 92.4. The van der Waals surface area contributed by atoms with E-state index in [-0.39, 0.29) is 0 Å². The van der Waals surface area contributed by atoms with Gasteiger partial charge in [0.1, 0.15) is 5.10 Å². The first kappa shape index (κ1) is 5.96. The molecule has 0 amide bonds. The maximum absolute atomic E-state index is 6.13. The van der Waals surface area contributed by atoms with E-state index in [0.717, 1.165) is 6.40 Å². The number of nitrogens with zero attached hydrogens (tertiary/aromatic N) is 2. The lowest BCUT2D eigenvalue weighted by Crippen LogP contribution is -1.81. The van der Waals surface area contributed by atoms with Gasteiger partial charge in [0, 0.05) is 0 Å². The molecule has 0 rings (SSSR count). The molecule has 0 saturated carbocycles. The molecule has 3 nitrogen and oxygen atoms in total. The van der Waals surface area contributed by atoms with E-state index in [9.17, 15) is 0 Å². The maximum Gasteiger partial charge on any atom is 0.256 e. The zero-order valence-corrected chi connectivity index (χ0v) is 4.09. The number of hydrogen-bond acceptors (Lipinski definition) is 2. The molecule has 7 heavy (non-hydrogen) atoms. The first-order valence-electron chi connectivity index (χ1n) is 1.91. The zero-order chi connectivity index (χ0) is 5.54. The Kier molecular flexibility index (Phi) is 4.22. The van der Waals surface area contributed by atoms with Crippen molar-refractivity contribution >= 4 is 6.40 Å². The van der Waals surface area contributed by atoms with Crippen molar-refractivity contribution in [3.8, 4) is 0 Å². The largest absolute Gasteiger partial charge is 0.479 e. The molecule has 0 unspecified atom stereocenters. The van der Waals surface area contributed by atoms with Gasteiger partial charge in [-0.3, -0.25) is 0 Å². The summed E-state index contributed by atoms with van der Waals surface area (Å²) in [5.74, 6) is 0. The minimum atomic E-state index is 0.568. The lowest BCUT2D eigenvalue weighted by Gasteiger charge is -1.82. The molecule has 0 aromatic heterocycles. The van der Waals surface area contributed by atoms with Crippen LogP contribution in [0.15, 0.2) is 5.10 Å². The van der Waals surface area contributed by atoms with E-state index in [1.54, 1.807) is 0 Å². The molecule has 0 aliphatic heterocycles. The van der Waals surface area contributed by atoms with Crippen LogP contribution in [0.5, 0.6) is 0 Å². The fourth-order valence-electron chi connectivity index (χ4n) is 0.131. The van der Waals surface area contributed by atoms with Gasteiger partial charge in [-0.25, -0.2) is 0 Å². The third kappa shape index (κ3) is 4.96. The predicted octanol–water partition coefficient (Wildman–Crippen LogP) is 0.885. The van der Waals surface area contributed by atoms with Gasteiger partial charge in [-0.15, -0.1) is 4.95 Å². The van der Waals surface area contributed by atoms with Gasteiger partial charge in [0.2, 0.25) is 0 Å². The molecule has 0 radical (unpaired) electrons. The lowest BCUT2D eigenvalue weighted by molar-refractivity contribution is 0.343. The molecule has 0 aromatic rings. The predicted molar refractivity (Wildman–Crippen MR) is 26.7 cm³/mol. The first-order chi connectivity index (χ1) is 3.41. The Balaban J connectivity index is 2.97. The molecular formula is C4H6N2O. The molecule has 0 saturated heterocycles. The van der Waals surface area contributed by atoms with E-state index in [0.29, 0.717) is 6.61 Å². The summed E-state index contributed by atoms with van der Waals surface area (Å²) in [6.45, 7) is 8.53. The quantitative estimate of drug-likeness (QED) is 0.218. The molecule has 38 valence electrons. The van der Waals surface area contributed by atoms with Crippen LogP contribution in [0.4, 0.5) is 0 Å². The molecule has 0 bridgehead atoms. The Morgan fingerprint density at radius 2 is 2.71 bits per heavy atom. The second-order valence-corrected chi connectivity index (χ2v) is 0.776. The van der Waals surface area contributed by atoms with E-state index < -0.39 is 0 Å². The number of rotatable bonds is 2. The van der Waals surface area contributed by atoms with Crippen LogP contribution in [0.25, 0.3) is 4.95 Å². The topological polar surface area (TPSA) is 25.9 Å². The van der Waals surface area contributed by atoms with Gasteiger partial charge in [0.15, 0.2) is 0 Å². The standard InChI is InChI=1S/C4H6N2O/c1-3-7-4-6-5-2/h4H,3H2,1H3. The summed E-state index contributed by atoms with van der Waals surface area (Å²) in [4.78, 5) is 2.67. The smallest absolute Gasteiger partial charge is 0.256 e. The molecule has 0 N–H and O–H groups in total. The highest BCUT2D eigenvalue weighted by Gasteiger charge is 1.67. The highest BCUT2D eigenvalue weighted by atomic mass is 16.5. The van der Waals surface area contributed by atoms with Gasteiger partial charge in [-0.2, -0.15) is 6.57 Å². The fraction of sp³-hybridized carbons (Fsp3) is 0.500. The molecule has 0 aliphatic carbocycles. The minimum absolute atomic E-state index is 0.568.